The van der Waals surface area contributed by atoms with Crippen molar-refractivity contribution in [2.45, 2.75) is 76.9 Å². The van der Waals surface area contributed by atoms with Gasteiger partial charge in [0.25, 0.3) is 0 Å². The summed E-state index contributed by atoms with van der Waals surface area (Å²) in [6.45, 7) is 4.24. The molecule has 1 aromatic heterocycles. The summed E-state index contributed by atoms with van der Waals surface area (Å²) >= 11 is 0. The number of aliphatic hydroxyl groups is 1. The molecule has 2 N–H and O–H groups in total. The molecule has 2 fully saturated rings. The van der Waals surface area contributed by atoms with E-state index in [0.717, 1.165) is 74.2 Å². The topological polar surface area (TPSA) is 76.5 Å². The first-order valence-corrected chi connectivity index (χ1v) is 12.4. The van der Waals surface area contributed by atoms with E-state index in [4.69, 9.17) is 9.47 Å². The zero-order valence-corrected chi connectivity index (χ0v) is 19.3. The van der Waals surface area contributed by atoms with Crippen molar-refractivity contribution in [2.24, 2.45) is 5.92 Å². The smallest absolute Gasteiger partial charge is 0.234 e. The quantitative estimate of drug-likeness (QED) is 0.597. The molecule has 1 aliphatic heterocycles. The third kappa shape index (κ3) is 6.20. The van der Waals surface area contributed by atoms with Gasteiger partial charge in [0.05, 0.1) is 24.5 Å². The number of aromatic nitrogens is 2. The number of unbranched alkanes of at least 4 members (excludes halogenated alkanes) is 1. The van der Waals surface area contributed by atoms with Gasteiger partial charge in [-0.25, -0.2) is 0 Å². The van der Waals surface area contributed by atoms with Crippen molar-refractivity contribution in [3.05, 3.63) is 36.0 Å². The van der Waals surface area contributed by atoms with E-state index in [1.165, 1.54) is 19.3 Å². The predicted octanol–water partition coefficient (Wildman–Crippen LogP) is 4.55. The third-order valence-corrected chi connectivity index (χ3v) is 6.65. The Morgan fingerprint density at radius 2 is 1.88 bits per heavy atom. The van der Waals surface area contributed by atoms with Gasteiger partial charge in [0, 0.05) is 24.1 Å². The number of piperidine rings is 1. The molecule has 2 unspecified atom stereocenters. The fourth-order valence-electron chi connectivity index (χ4n) is 4.61. The van der Waals surface area contributed by atoms with Crippen molar-refractivity contribution in [1.29, 1.82) is 0 Å². The lowest BCUT2D eigenvalue weighted by Crippen LogP contribution is -2.42. The van der Waals surface area contributed by atoms with Gasteiger partial charge in [0.2, 0.25) is 5.88 Å². The maximum Gasteiger partial charge on any atom is 0.234 e. The Hall–Kier alpha value is -2.18. The summed E-state index contributed by atoms with van der Waals surface area (Å²) in [6, 6.07) is 10.4. The molecule has 0 radical (unpaired) electrons. The van der Waals surface area contributed by atoms with Crippen LogP contribution in [0.3, 0.4) is 0 Å². The van der Waals surface area contributed by atoms with Crippen molar-refractivity contribution in [2.75, 3.05) is 19.7 Å². The van der Waals surface area contributed by atoms with Crippen LogP contribution in [-0.4, -0.2) is 47.2 Å². The number of rotatable bonds is 9. The molecule has 2 heterocycles. The van der Waals surface area contributed by atoms with Crippen molar-refractivity contribution in [3.8, 4) is 22.8 Å². The molecule has 6 heteroatoms. The maximum absolute atomic E-state index is 10.2. The Kier molecular flexibility index (Phi) is 8.35. The van der Waals surface area contributed by atoms with E-state index in [-0.39, 0.29) is 12.0 Å². The minimum absolute atomic E-state index is 0.0741. The van der Waals surface area contributed by atoms with Crippen LogP contribution in [0.2, 0.25) is 0 Å². The van der Waals surface area contributed by atoms with E-state index in [1.807, 2.05) is 6.07 Å². The van der Waals surface area contributed by atoms with Gasteiger partial charge in [0.1, 0.15) is 5.75 Å². The molecule has 174 valence electrons. The van der Waals surface area contributed by atoms with Gasteiger partial charge in [-0.1, -0.05) is 31.9 Å². The highest BCUT2D eigenvalue weighted by Crippen LogP contribution is 2.30. The molecule has 0 amide bonds. The fraction of sp³-hybridized carbons (Fsp3) is 0.615. The highest BCUT2D eigenvalue weighted by atomic mass is 16.5. The molecular formula is C26H37N3O3. The van der Waals surface area contributed by atoms with Gasteiger partial charge >= 0.3 is 0 Å². The summed E-state index contributed by atoms with van der Waals surface area (Å²) in [5.74, 6) is 1.53. The van der Waals surface area contributed by atoms with E-state index in [1.54, 1.807) is 0 Å². The standard InChI is InChI=1S/C26H37N3O3/c1-2-3-9-24-23(16-26(29-28-24)31-18-20-17-27-15-14-25(20)30)19-10-12-22(13-11-19)32-21-7-5-4-6-8-21/h10-13,16,20-21,25,27,30H,2-9,14-15,17-18H2,1H3. The average molecular weight is 440 g/mol. The van der Waals surface area contributed by atoms with Crippen LogP contribution in [-0.2, 0) is 6.42 Å². The molecule has 32 heavy (non-hydrogen) atoms. The first kappa shape index (κ1) is 23.0. The Balaban J connectivity index is 1.47. The molecule has 4 rings (SSSR count). The van der Waals surface area contributed by atoms with Crippen LogP contribution >= 0.6 is 0 Å². The molecular weight excluding hydrogens is 402 g/mol. The largest absolute Gasteiger partial charge is 0.490 e. The van der Waals surface area contributed by atoms with Crippen LogP contribution in [0.15, 0.2) is 30.3 Å². The zero-order chi connectivity index (χ0) is 22.2. The minimum atomic E-state index is -0.329. The Morgan fingerprint density at radius 1 is 1.06 bits per heavy atom. The van der Waals surface area contributed by atoms with Crippen molar-refractivity contribution in [1.82, 2.24) is 15.5 Å². The molecule has 2 atom stereocenters. The number of benzene rings is 1. The van der Waals surface area contributed by atoms with Crippen LogP contribution in [0, 0.1) is 5.92 Å². The number of nitrogens with one attached hydrogen (secondary N) is 1. The number of hydrogen-bond acceptors (Lipinski definition) is 6. The molecule has 1 aliphatic carbocycles. The lowest BCUT2D eigenvalue weighted by atomic mass is 9.97. The first-order chi connectivity index (χ1) is 15.7. The van der Waals surface area contributed by atoms with Crippen molar-refractivity contribution >= 4 is 0 Å². The first-order valence-electron chi connectivity index (χ1n) is 12.4. The minimum Gasteiger partial charge on any atom is -0.490 e. The van der Waals surface area contributed by atoms with E-state index in [0.29, 0.717) is 18.6 Å². The summed E-state index contributed by atoms with van der Waals surface area (Å²) in [4.78, 5) is 0. The summed E-state index contributed by atoms with van der Waals surface area (Å²) in [7, 11) is 0. The SMILES string of the molecule is CCCCc1nnc(OCC2CNCCC2O)cc1-c1ccc(OC2CCCCC2)cc1. The van der Waals surface area contributed by atoms with Crippen LogP contribution in [0.1, 0.15) is 64.0 Å². The lowest BCUT2D eigenvalue weighted by Gasteiger charge is -2.28. The van der Waals surface area contributed by atoms with Gasteiger partial charge in [-0.15, -0.1) is 5.10 Å². The van der Waals surface area contributed by atoms with E-state index in [9.17, 15) is 5.11 Å². The molecule has 1 aromatic carbocycles. The zero-order valence-electron chi connectivity index (χ0n) is 19.3. The van der Waals surface area contributed by atoms with Crippen LogP contribution in [0.25, 0.3) is 11.1 Å². The number of aryl methyl sites for hydroxylation is 1. The Labute approximate surface area is 191 Å². The van der Waals surface area contributed by atoms with E-state index in [2.05, 4.69) is 46.7 Å². The Morgan fingerprint density at radius 3 is 2.62 bits per heavy atom. The second-order valence-electron chi connectivity index (χ2n) is 9.18. The van der Waals surface area contributed by atoms with Gasteiger partial charge < -0.3 is 19.9 Å². The number of aliphatic hydroxyl groups excluding tert-OH is 1. The maximum atomic E-state index is 10.2. The third-order valence-electron chi connectivity index (χ3n) is 6.65. The predicted molar refractivity (Wildman–Crippen MR) is 126 cm³/mol. The molecule has 2 aliphatic rings. The van der Waals surface area contributed by atoms with E-state index < -0.39 is 0 Å². The fourth-order valence-corrected chi connectivity index (χ4v) is 4.61. The van der Waals surface area contributed by atoms with Gasteiger partial charge in [-0.05, 0) is 69.2 Å². The lowest BCUT2D eigenvalue weighted by molar-refractivity contribution is 0.0497. The van der Waals surface area contributed by atoms with Gasteiger partial charge in [0.15, 0.2) is 0 Å². The second kappa shape index (κ2) is 11.6. The van der Waals surface area contributed by atoms with Crippen molar-refractivity contribution < 1.29 is 14.6 Å². The summed E-state index contributed by atoms with van der Waals surface area (Å²) in [6.07, 6.45) is 10.0. The summed E-state index contributed by atoms with van der Waals surface area (Å²) in [5.41, 5.74) is 3.17. The molecule has 0 spiro atoms. The van der Waals surface area contributed by atoms with Crippen LogP contribution in [0.5, 0.6) is 11.6 Å². The normalized spacial score (nSPS) is 21.9. The summed E-state index contributed by atoms with van der Waals surface area (Å²) in [5, 5.41) is 22.3. The van der Waals surface area contributed by atoms with Crippen molar-refractivity contribution in [3.63, 3.8) is 0 Å². The summed E-state index contributed by atoms with van der Waals surface area (Å²) < 4.78 is 12.2. The molecule has 1 saturated carbocycles. The van der Waals surface area contributed by atoms with E-state index >= 15 is 0 Å². The second-order valence-corrected chi connectivity index (χ2v) is 9.18. The Bertz CT molecular complexity index is 837. The highest BCUT2D eigenvalue weighted by Gasteiger charge is 2.24. The number of nitrogens with zero attached hydrogens (tertiary/aromatic N) is 2. The molecule has 1 saturated heterocycles. The monoisotopic (exact) mass is 439 g/mol. The average Bonchev–Trinajstić information content (AvgIpc) is 2.84. The van der Waals surface area contributed by atoms with Gasteiger partial charge in [-0.3, -0.25) is 0 Å². The van der Waals surface area contributed by atoms with Crippen LogP contribution in [0.4, 0.5) is 0 Å². The van der Waals surface area contributed by atoms with Gasteiger partial charge in [-0.2, -0.15) is 5.10 Å². The molecule has 6 nitrogen and oxygen atoms in total. The highest BCUT2D eigenvalue weighted by molar-refractivity contribution is 5.67. The van der Waals surface area contributed by atoms with Crippen LogP contribution < -0.4 is 14.8 Å². The molecule has 0 bridgehead atoms. The number of ether oxygens (including phenoxy) is 2. The molecule has 2 aromatic rings. The number of hydrogen-bond donors (Lipinski definition) is 2.